The van der Waals surface area contributed by atoms with E-state index in [2.05, 4.69) is 27.7 Å². The molecular formula is C24H29N3O5. The number of methoxy groups -OCH3 is 1. The van der Waals surface area contributed by atoms with Gasteiger partial charge in [-0.25, -0.2) is 0 Å². The van der Waals surface area contributed by atoms with E-state index < -0.39 is 0 Å². The summed E-state index contributed by atoms with van der Waals surface area (Å²) in [7, 11) is 1.67. The molecule has 0 bridgehead atoms. The fraction of sp³-hybridized carbons (Fsp3) is 0.417. The number of carbonyl (C=O) groups excluding carboxylic acids is 2. The van der Waals surface area contributed by atoms with Gasteiger partial charge in [-0.1, -0.05) is 12.1 Å². The van der Waals surface area contributed by atoms with Crippen molar-refractivity contribution in [3.8, 4) is 17.2 Å². The van der Waals surface area contributed by atoms with E-state index >= 15 is 0 Å². The van der Waals surface area contributed by atoms with Crippen LogP contribution in [0.4, 0.5) is 0 Å². The smallest absolute Gasteiger partial charge is 0.251 e. The molecule has 0 aliphatic carbocycles. The summed E-state index contributed by atoms with van der Waals surface area (Å²) in [5.74, 6) is 1.99. The monoisotopic (exact) mass is 439 g/mol. The number of amides is 2. The van der Waals surface area contributed by atoms with E-state index in [1.165, 1.54) is 5.56 Å². The SMILES string of the molecule is COc1ccc(CN2CCC(CNC(=O)CNC(=O)c3ccc4c(c3)OCO4)CC2)cc1. The molecule has 170 valence electrons. The molecule has 2 aromatic rings. The molecule has 0 unspecified atom stereocenters. The second kappa shape index (κ2) is 10.4. The topological polar surface area (TPSA) is 89.1 Å². The van der Waals surface area contributed by atoms with Crippen LogP contribution in [-0.4, -0.2) is 56.8 Å². The number of nitrogens with one attached hydrogen (secondary N) is 2. The highest BCUT2D eigenvalue weighted by Gasteiger charge is 2.20. The van der Waals surface area contributed by atoms with Crippen LogP contribution in [0.5, 0.6) is 17.2 Å². The lowest BCUT2D eigenvalue weighted by Crippen LogP contribution is -2.41. The summed E-state index contributed by atoms with van der Waals surface area (Å²) in [5, 5.41) is 5.60. The van der Waals surface area contributed by atoms with E-state index in [0.29, 0.717) is 29.5 Å². The minimum atomic E-state index is -0.315. The second-order valence-electron chi connectivity index (χ2n) is 8.12. The van der Waals surface area contributed by atoms with Gasteiger partial charge in [0.2, 0.25) is 12.7 Å². The van der Waals surface area contributed by atoms with Crippen molar-refractivity contribution in [1.82, 2.24) is 15.5 Å². The lowest BCUT2D eigenvalue weighted by Gasteiger charge is -2.32. The van der Waals surface area contributed by atoms with Gasteiger partial charge in [-0.05, 0) is 67.7 Å². The van der Waals surface area contributed by atoms with Gasteiger partial charge >= 0.3 is 0 Å². The molecule has 2 aromatic carbocycles. The Morgan fingerprint density at radius 1 is 1.03 bits per heavy atom. The quantitative estimate of drug-likeness (QED) is 0.656. The van der Waals surface area contributed by atoms with Gasteiger partial charge in [0.1, 0.15) is 5.75 Å². The minimum absolute atomic E-state index is 0.0520. The Hall–Kier alpha value is -3.26. The van der Waals surface area contributed by atoms with Crippen LogP contribution < -0.4 is 24.8 Å². The largest absolute Gasteiger partial charge is 0.497 e. The summed E-state index contributed by atoms with van der Waals surface area (Å²) in [6.45, 7) is 3.68. The Bertz CT molecular complexity index is 939. The number of carbonyl (C=O) groups is 2. The van der Waals surface area contributed by atoms with E-state index in [9.17, 15) is 9.59 Å². The normalized spacial score (nSPS) is 15.9. The number of hydrogen-bond acceptors (Lipinski definition) is 6. The summed E-state index contributed by atoms with van der Waals surface area (Å²) in [5.41, 5.74) is 1.71. The maximum atomic E-state index is 12.3. The van der Waals surface area contributed by atoms with Gasteiger partial charge in [-0.3, -0.25) is 14.5 Å². The van der Waals surface area contributed by atoms with Crippen molar-refractivity contribution >= 4 is 11.8 Å². The molecule has 2 amide bonds. The first kappa shape index (κ1) is 22.0. The second-order valence-corrected chi connectivity index (χ2v) is 8.12. The Balaban J connectivity index is 1.13. The number of fused-ring (bicyclic) bond motifs is 1. The lowest BCUT2D eigenvalue weighted by molar-refractivity contribution is -0.120. The third-order valence-corrected chi connectivity index (χ3v) is 5.90. The maximum absolute atomic E-state index is 12.3. The van der Waals surface area contributed by atoms with E-state index in [1.54, 1.807) is 25.3 Å². The van der Waals surface area contributed by atoms with E-state index in [0.717, 1.165) is 38.2 Å². The molecule has 2 heterocycles. The Labute approximate surface area is 187 Å². The van der Waals surface area contributed by atoms with Crippen molar-refractivity contribution in [3.63, 3.8) is 0 Å². The molecule has 1 fully saturated rings. The molecule has 32 heavy (non-hydrogen) atoms. The van der Waals surface area contributed by atoms with Gasteiger partial charge in [-0.15, -0.1) is 0 Å². The van der Waals surface area contributed by atoms with Crippen molar-refractivity contribution in [2.45, 2.75) is 19.4 Å². The van der Waals surface area contributed by atoms with Crippen LogP contribution in [0.15, 0.2) is 42.5 Å². The van der Waals surface area contributed by atoms with E-state index in [1.807, 2.05) is 12.1 Å². The Kier molecular flexibility index (Phi) is 7.11. The van der Waals surface area contributed by atoms with Gasteiger partial charge in [-0.2, -0.15) is 0 Å². The summed E-state index contributed by atoms with van der Waals surface area (Å²) in [6, 6.07) is 13.1. The zero-order chi connectivity index (χ0) is 22.3. The van der Waals surface area contributed by atoms with Crippen LogP contribution in [0.3, 0.4) is 0 Å². The number of benzene rings is 2. The van der Waals surface area contributed by atoms with Gasteiger partial charge < -0.3 is 24.8 Å². The molecule has 0 aromatic heterocycles. The highest BCUT2D eigenvalue weighted by Crippen LogP contribution is 2.32. The van der Waals surface area contributed by atoms with Crippen LogP contribution in [0.1, 0.15) is 28.8 Å². The van der Waals surface area contributed by atoms with E-state index in [4.69, 9.17) is 14.2 Å². The number of nitrogens with zero attached hydrogens (tertiary/aromatic N) is 1. The third-order valence-electron chi connectivity index (χ3n) is 5.90. The average molecular weight is 440 g/mol. The molecule has 2 N–H and O–H groups in total. The Morgan fingerprint density at radius 2 is 1.78 bits per heavy atom. The predicted octanol–water partition coefficient (Wildman–Crippen LogP) is 2.18. The number of rotatable bonds is 8. The van der Waals surface area contributed by atoms with Crippen molar-refractivity contribution in [2.24, 2.45) is 5.92 Å². The van der Waals surface area contributed by atoms with Crippen LogP contribution in [0.2, 0.25) is 0 Å². The highest BCUT2D eigenvalue weighted by atomic mass is 16.7. The molecule has 1 saturated heterocycles. The fourth-order valence-corrected chi connectivity index (χ4v) is 3.96. The van der Waals surface area contributed by atoms with Gasteiger partial charge in [0.25, 0.3) is 5.91 Å². The first-order chi connectivity index (χ1) is 15.6. The highest BCUT2D eigenvalue weighted by molar-refractivity contribution is 5.97. The van der Waals surface area contributed by atoms with Crippen LogP contribution >= 0.6 is 0 Å². The van der Waals surface area contributed by atoms with Crippen molar-refractivity contribution in [3.05, 3.63) is 53.6 Å². The van der Waals surface area contributed by atoms with Crippen LogP contribution in [0, 0.1) is 5.92 Å². The van der Waals surface area contributed by atoms with Crippen molar-refractivity contribution in [2.75, 3.05) is 40.1 Å². The number of hydrogen-bond donors (Lipinski definition) is 2. The summed E-state index contributed by atoms with van der Waals surface area (Å²) in [4.78, 5) is 26.9. The number of likely N-dealkylation sites (tertiary alicyclic amines) is 1. The number of piperidine rings is 1. The molecule has 0 atom stereocenters. The van der Waals surface area contributed by atoms with Crippen molar-refractivity contribution in [1.29, 1.82) is 0 Å². The first-order valence-electron chi connectivity index (χ1n) is 10.9. The van der Waals surface area contributed by atoms with Gasteiger partial charge in [0.15, 0.2) is 11.5 Å². The summed E-state index contributed by atoms with van der Waals surface area (Å²) >= 11 is 0. The average Bonchev–Trinajstić information content (AvgIpc) is 3.30. The van der Waals surface area contributed by atoms with E-state index in [-0.39, 0.29) is 25.2 Å². The molecule has 2 aliphatic heterocycles. The van der Waals surface area contributed by atoms with Gasteiger partial charge in [0.05, 0.1) is 13.7 Å². The van der Waals surface area contributed by atoms with Crippen LogP contribution in [0.25, 0.3) is 0 Å². The molecule has 4 rings (SSSR count). The molecule has 2 aliphatic rings. The summed E-state index contributed by atoms with van der Waals surface area (Å²) in [6.07, 6.45) is 2.08. The van der Waals surface area contributed by atoms with Crippen molar-refractivity contribution < 1.29 is 23.8 Å². The lowest BCUT2D eigenvalue weighted by atomic mass is 9.96. The zero-order valence-corrected chi connectivity index (χ0v) is 18.3. The first-order valence-corrected chi connectivity index (χ1v) is 10.9. The maximum Gasteiger partial charge on any atom is 0.251 e. The van der Waals surface area contributed by atoms with Gasteiger partial charge in [0, 0.05) is 18.7 Å². The zero-order valence-electron chi connectivity index (χ0n) is 18.3. The molecule has 0 spiro atoms. The summed E-state index contributed by atoms with van der Waals surface area (Å²) < 4.78 is 15.7. The fourth-order valence-electron chi connectivity index (χ4n) is 3.96. The third kappa shape index (κ3) is 5.70. The number of ether oxygens (including phenoxy) is 3. The van der Waals surface area contributed by atoms with Crippen LogP contribution in [-0.2, 0) is 11.3 Å². The molecule has 0 saturated carbocycles. The Morgan fingerprint density at radius 3 is 2.53 bits per heavy atom. The molecule has 8 nitrogen and oxygen atoms in total. The molecule has 0 radical (unpaired) electrons. The molecular weight excluding hydrogens is 410 g/mol. The standard InChI is InChI=1S/C24H29N3O5/c1-30-20-5-2-18(3-6-20)15-27-10-8-17(9-11-27)13-25-23(28)14-26-24(29)19-4-7-21-22(12-19)32-16-31-21/h2-7,12,17H,8-11,13-16H2,1H3,(H,25,28)(H,26,29). The minimum Gasteiger partial charge on any atom is -0.497 e. The predicted molar refractivity (Wildman–Crippen MR) is 119 cm³/mol. The molecule has 8 heteroatoms.